The zero-order chi connectivity index (χ0) is 32.0. The number of aliphatic hydroxyl groups excluding tert-OH is 1. The van der Waals surface area contributed by atoms with Crippen molar-refractivity contribution in [1.29, 1.82) is 0 Å². The molecule has 0 radical (unpaired) electrons. The fourth-order valence-corrected chi connectivity index (χ4v) is 7.00. The molecule has 8 heteroatoms. The molecule has 2 saturated heterocycles. The number of hydrogen-bond acceptors (Lipinski definition) is 6. The minimum absolute atomic E-state index is 0.134. The van der Waals surface area contributed by atoms with Crippen LogP contribution in [-0.2, 0) is 17.7 Å². The second-order valence-electron chi connectivity index (χ2n) is 12.4. The van der Waals surface area contributed by atoms with Gasteiger partial charge in [0, 0.05) is 55.7 Å². The number of carbonyl (C=O) groups excluding carboxylic acids is 1. The third-order valence-corrected chi connectivity index (χ3v) is 9.23. The summed E-state index contributed by atoms with van der Waals surface area (Å²) in [5.74, 6) is -0.161. The minimum atomic E-state index is -0.382. The van der Waals surface area contributed by atoms with Crippen LogP contribution in [0.2, 0.25) is 0 Å². The van der Waals surface area contributed by atoms with E-state index in [2.05, 4.69) is 70.5 Å². The molecule has 2 aliphatic heterocycles. The van der Waals surface area contributed by atoms with Crippen LogP contribution < -0.4 is 4.90 Å². The zero-order valence-corrected chi connectivity index (χ0v) is 26.6. The van der Waals surface area contributed by atoms with E-state index >= 15 is 0 Å². The van der Waals surface area contributed by atoms with Gasteiger partial charge in [-0.3, -0.25) is 14.3 Å². The monoisotopic (exact) mass is 627 g/mol. The molecule has 1 N–H and O–H groups in total. The quantitative estimate of drug-likeness (QED) is 0.239. The molecule has 0 saturated carbocycles. The molecule has 0 bridgehead atoms. The molecular formula is C39H41N5O3. The molecule has 3 heterocycles. The van der Waals surface area contributed by atoms with Crippen LogP contribution in [0.25, 0.3) is 16.9 Å². The molecule has 2 aliphatic rings. The molecule has 0 aliphatic carbocycles. The third-order valence-electron chi connectivity index (χ3n) is 9.23. The van der Waals surface area contributed by atoms with E-state index in [-0.39, 0.29) is 24.6 Å². The Morgan fingerprint density at radius 3 is 2.11 bits per heavy atom. The van der Waals surface area contributed by atoms with E-state index < -0.39 is 0 Å². The molecule has 4 aromatic carbocycles. The summed E-state index contributed by atoms with van der Waals surface area (Å²) in [6.45, 7) is 4.98. The van der Waals surface area contributed by atoms with Crippen LogP contribution in [-0.4, -0.2) is 88.4 Å². The molecule has 0 unspecified atom stereocenters. The van der Waals surface area contributed by atoms with E-state index in [0.717, 1.165) is 47.8 Å². The summed E-state index contributed by atoms with van der Waals surface area (Å²) >= 11 is 0. The van der Waals surface area contributed by atoms with Crippen LogP contribution in [0.4, 0.5) is 5.69 Å². The van der Waals surface area contributed by atoms with Crippen molar-refractivity contribution in [3.05, 3.63) is 138 Å². The van der Waals surface area contributed by atoms with Crippen molar-refractivity contribution in [3.8, 4) is 16.9 Å². The second-order valence-corrected chi connectivity index (χ2v) is 12.4. The summed E-state index contributed by atoms with van der Waals surface area (Å²) < 4.78 is 7.61. The number of hydrogen-bond donors (Lipinski definition) is 1. The first-order valence-electron chi connectivity index (χ1n) is 16.5. The first kappa shape index (κ1) is 30.9. The van der Waals surface area contributed by atoms with Crippen LogP contribution >= 0.6 is 0 Å². The second kappa shape index (κ2) is 14.3. The largest absolute Gasteiger partial charge is 0.394 e. The van der Waals surface area contributed by atoms with E-state index in [1.165, 1.54) is 5.56 Å². The van der Waals surface area contributed by atoms with Gasteiger partial charge in [-0.1, -0.05) is 97.1 Å². The topological polar surface area (TPSA) is 74.1 Å². The molecule has 2 atom stereocenters. The molecule has 1 amide bonds. The number of aliphatic hydroxyl groups is 1. The van der Waals surface area contributed by atoms with Gasteiger partial charge in [-0.05, 0) is 35.7 Å². The van der Waals surface area contributed by atoms with Gasteiger partial charge in [0.25, 0.3) is 5.91 Å². The first-order valence-corrected chi connectivity index (χ1v) is 16.5. The molecular weight excluding hydrogens is 586 g/mol. The van der Waals surface area contributed by atoms with Crippen molar-refractivity contribution in [1.82, 2.24) is 19.4 Å². The van der Waals surface area contributed by atoms with Crippen molar-refractivity contribution in [2.75, 3.05) is 50.9 Å². The van der Waals surface area contributed by atoms with Gasteiger partial charge in [0.05, 0.1) is 31.6 Å². The normalized spacial score (nSPS) is 18.7. The molecule has 240 valence electrons. The fourth-order valence-electron chi connectivity index (χ4n) is 7.00. The van der Waals surface area contributed by atoms with E-state index in [4.69, 9.17) is 9.72 Å². The van der Waals surface area contributed by atoms with Crippen molar-refractivity contribution in [3.63, 3.8) is 0 Å². The van der Waals surface area contributed by atoms with Gasteiger partial charge in [0.1, 0.15) is 6.33 Å². The number of ether oxygens (including phenoxy) is 1. The lowest BCUT2D eigenvalue weighted by Gasteiger charge is -2.46. The Hall–Kier alpha value is -4.76. The van der Waals surface area contributed by atoms with Gasteiger partial charge in [0.2, 0.25) is 0 Å². The Labute approximate surface area is 276 Å². The van der Waals surface area contributed by atoms with Gasteiger partial charge in [0.15, 0.2) is 5.69 Å². The first-order chi connectivity index (χ1) is 23.2. The van der Waals surface area contributed by atoms with Gasteiger partial charge >= 0.3 is 0 Å². The predicted octanol–water partition coefficient (Wildman–Crippen LogP) is 5.31. The zero-order valence-electron chi connectivity index (χ0n) is 26.6. The molecule has 7 rings (SSSR count). The minimum Gasteiger partial charge on any atom is -0.394 e. The highest BCUT2D eigenvalue weighted by molar-refractivity contribution is 5.99. The van der Waals surface area contributed by atoms with Crippen molar-refractivity contribution >= 4 is 11.6 Å². The molecule has 47 heavy (non-hydrogen) atoms. The number of rotatable bonds is 9. The summed E-state index contributed by atoms with van der Waals surface area (Å²) in [4.78, 5) is 26.3. The van der Waals surface area contributed by atoms with Crippen molar-refractivity contribution < 1.29 is 14.6 Å². The van der Waals surface area contributed by atoms with E-state index in [1.54, 1.807) is 6.33 Å². The van der Waals surface area contributed by atoms with E-state index in [0.29, 0.717) is 38.4 Å². The van der Waals surface area contributed by atoms with Gasteiger partial charge in [-0.25, -0.2) is 4.98 Å². The summed E-state index contributed by atoms with van der Waals surface area (Å²) in [6.07, 6.45) is 2.44. The van der Waals surface area contributed by atoms with Gasteiger partial charge in [-0.2, -0.15) is 0 Å². The number of aromatic nitrogens is 2. The Balaban J connectivity index is 1.26. The van der Waals surface area contributed by atoms with E-state index in [9.17, 15) is 9.90 Å². The molecule has 8 nitrogen and oxygen atoms in total. The number of morpholine rings is 1. The number of benzene rings is 4. The van der Waals surface area contributed by atoms with Crippen LogP contribution in [0.5, 0.6) is 0 Å². The van der Waals surface area contributed by atoms with Crippen LogP contribution in [0.1, 0.15) is 21.6 Å². The van der Waals surface area contributed by atoms with Crippen LogP contribution in [0, 0.1) is 0 Å². The Morgan fingerprint density at radius 2 is 1.40 bits per heavy atom. The smallest absolute Gasteiger partial charge is 0.275 e. The maximum absolute atomic E-state index is 14.9. The number of anilines is 1. The predicted molar refractivity (Wildman–Crippen MR) is 185 cm³/mol. The van der Waals surface area contributed by atoms with Gasteiger partial charge < -0.3 is 19.6 Å². The SMILES string of the molecule is O=C(c1ncn(-c2cccc(N3CCOCC3)c2)c1-c1ccccc1)N1[C@H](CO)CN(Cc2ccccc2)C[C@H]1Cc1ccccc1. The lowest BCUT2D eigenvalue weighted by atomic mass is 9.97. The highest BCUT2D eigenvalue weighted by Gasteiger charge is 2.39. The molecule has 5 aromatic rings. The number of imidazole rings is 1. The summed E-state index contributed by atoms with van der Waals surface area (Å²) in [5, 5.41) is 10.8. The highest BCUT2D eigenvalue weighted by Crippen LogP contribution is 2.32. The number of nitrogens with zero attached hydrogens (tertiary/aromatic N) is 5. The van der Waals surface area contributed by atoms with Gasteiger partial charge in [-0.15, -0.1) is 0 Å². The average molecular weight is 628 g/mol. The van der Waals surface area contributed by atoms with Crippen LogP contribution in [0.3, 0.4) is 0 Å². The maximum atomic E-state index is 14.9. The van der Waals surface area contributed by atoms with Crippen molar-refractivity contribution in [2.24, 2.45) is 0 Å². The lowest BCUT2D eigenvalue weighted by molar-refractivity contribution is 0.000633. The summed E-state index contributed by atoms with van der Waals surface area (Å²) in [7, 11) is 0. The number of piperazine rings is 1. The third kappa shape index (κ3) is 6.86. The summed E-state index contributed by atoms with van der Waals surface area (Å²) in [6, 6.07) is 38.6. The number of amides is 1. The molecule has 1 aromatic heterocycles. The van der Waals surface area contributed by atoms with E-state index in [1.807, 2.05) is 64.1 Å². The lowest BCUT2D eigenvalue weighted by Crippen LogP contribution is -2.62. The molecule has 2 fully saturated rings. The Bertz CT molecular complexity index is 1760. The fraction of sp³-hybridized carbons (Fsp3) is 0.282. The Kier molecular flexibility index (Phi) is 9.42. The Morgan fingerprint density at radius 1 is 0.766 bits per heavy atom. The average Bonchev–Trinajstić information content (AvgIpc) is 3.58. The van der Waals surface area contributed by atoms with Crippen molar-refractivity contribution in [2.45, 2.75) is 25.0 Å². The highest BCUT2D eigenvalue weighted by atomic mass is 16.5. The van der Waals surface area contributed by atoms with Crippen LogP contribution in [0.15, 0.2) is 122 Å². The summed E-state index contributed by atoms with van der Waals surface area (Å²) in [5.41, 5.74) is 6.47. The molecule has 0 spiro atoms. The maximum Gasteiger partial charge on any atom is 0.275 e. The number of carbonyl (C=O) groups is 1. The standard InChI is InChI=1S/C39H41N5O3/c45-28-36-27-41(25-31-13-6-2-7-14-31)26-35(23-30-11-4-1-5-12-30)44(36)39(46)37-38(32-15-8-3-9-16-32)43(29-40-37)34-18-10-17-33(24-34)42-19-21-47-22-20-42/h1-18,24,29,35-36,45H,19-23,25-28H2/t35-,36+/m1/s1.